The smallest absolute Gasteiger partial charge is 0.306 e. The van der Waals surface area contributed by atoms with E-state index in [1.54, 1.807) is 26.0 Å². The quantitative estimate of drug-likeness (QED) is 0.773. The zero-order valence-corrected chi connectivity index (χ0v) is 8.32. The van der Waals surface area contributed by atoms with Crippen LogP contribution in [0.15, 0.2) is 18.2 Å². The van der Waals surface area contributed by atoms with Crippen molar-refractivity contribution in [2.24, 2.45) is 5.92 Å². The van der Waals surface area contributed by atoms with Crippen LogP contribution < -0.4 is 0 Å². The molecule has 76 valence electrons. The minimum absolute atomic E-state index is 0.222. The second-order valence-electron chi connectivity index (χ2n) is 3.50. The molecule has 0 aliphatic carbocycles. The number of aromatic hydroxyl groups is 1. The third-order valence-corrected chi connectivity index (χ3v) is 2.37. The largest absolute Gasteiger partial charge is 0.508 e. The number of rotatable bonds is 3. The highest BCUT2D eigenvalue weighted by molar-refractivity contribution is 5.70. The second kappa shape index (κ2) is 4.13. The number of carboxylic acids is 1. The topological polar surface area (TPSA) is 57.5 Å². The lowest BCUT2D eigenvalue weighted by Gasteiger charge is -2.09. The van der Waals surface area contributed by atoms with Gasteiger partial charge in [0.25, 0.3) is 0 Å². The van der Waals surface area contributed by atoms with E-state index in [1.807, 2.05) is 6.07 Å². The molecule has 0 radical (unpaired) electrons. The van der Waals surface area contributed by atoms with E-state index >= 15 is 0 Å². The molecule has 0 aromatic heterocycles. The molecule has 3 heteroatoms. The third-order valence-electron chi connectivity index (χ3n) is 2.37. The molecule has 1 unspecified atom stereocenters. The Labute approximate surface area is 83.0 Å². The van der Waals surface area contributed by atoms with Gasteiger partial charge >= 0.3 is 5.97 Å². The van der Waals surface area contributed by atoms with Gasteiger partial charge in [0.15, 0.2) is 0 Å². The molecule has 1 rings (SSSR count). The Kier molecular flexibility index (Phi) is 3.12. The number of hydrogen-bond donors (Lipinski definition) is 2. The minimum Gasteiger partial charge on any atom is -0.508 e. The van der Waals surface area contributed by atoms with Crippen molar-refractivity contribution in [1.29, 1.82) is 0 Å². The fourth-order valence-electron chi connectivity index (χ4n) is 1.31. The first-order chi connectivity index (χ1) is 6.52. The summed E-state index contributed by atoms with van der Waals surface area (Å²) in [5.41, 5.74) is 1.65. The zero-order valence-electron chi connectivity index (χ0n) is 8.32. The number of phenolic OH excluding ortho intramolecular Hbond substituents is 1. The van der Waals surface area contributed by atoms with E-state index in [0.29, 0.717) is 6.42 Å². The van der Waals surface area contributed by atoms with Gasteiger partial charge in [-0.2, -0.15) is 0 Å². The molecule has 0 bridgehead atoms. The van der Waals surface area contributed by atoms with Gasteiger partial charge in [0.1, 0.15) is 5.75 Å². The Balaban J connectivity index is 2.87. The summed E-state index contributed by atoms with van der Waals surface area (Å²) in [7, 11) is 0. The Bertz CT molecular complexity index is 344. The number of carbonyl (C=O) groups is 1. The lowest BCUT2D eigenvalue weighted by Crippen LogP contribution is -2.12. The number of hydrogen-bond acceptors (Lipinski definition) is 2. The molecule has 1 aromatic carbocycles. The zero-order chi connectivity index (χ0) is 10.7. The van der Waals surface area contributed by atoms with Crippen LogP contribution in [-0.2, 0) is 11.2 Å². The molecule has 0 saturated heterocycles. The first-order valence-electron chi connectivity index (χ1n) is 4.52. The molecule has 0 amide bonds. The van der Waals surface area contributed by atoms with Gasteiger partial charge in [-0.3, -0.25) is 4.79 Å². The molecule has 0 fully saturated rings. The Morgan fingerprint density at radius 1 is 1.50 bits per heavy atom. The maximum atomic E-state index is 10.6. The van der Waals surface area contributed by atoms with Crippen molar-refractivity contribution in [3.63, 3.8) is 0 Å². The average molecular weight is 194 g/mol. The molecule has 2 N–H and O–H groups in total. The van der Waals surface area contributed by atoms with Gasteiger partial charge < -0.3 is 10.2 Å². The molecule has 1 aromatic rings. The molecule has 0 heterocycles. The molecule has 3 nitrogen and oxygen atoms in total. The molecule has 0 aliphatic rings. The van der Waals surface area contributed by atoms with Crippen molar-refractivity contribution in [2.75, 3.05) is 0 Å². The highest BCUT2D eigenvalue weighted by Gasteiger charge is 2.13. The lowest BCUT2D eigenvalue weighted by molar-refractivity contribution is -0.141. The second-order valence-corrected chi connectivity index (χ2v) is 3.50. The van der Waals surface area contributed by atoms with E-state index in [0.717, 1.165) is 11.1 Å². The molecular formula is C11H14O3. The van der Waals surface area contributed by atoms with Gasteiger partial charge in [-0.1, -0.05) is 19.1 Å². The maximum absolute atomic E-state index is 10.6. The summed E-state index contributed by atoms with van der Waals surface area (Å²) in [5, 5.41) is 18.1. The van der Waals surface area contributed by atoms with Crippen molar-refractivity contribution in [3.8, 4) is 5.75 Å². The van der Waals surface area contributed by atoms with E-state index in [1.165, 1.54) is 0 Å². The maximum Gasteiger partial charge on any atom is 0.306 e. The van der Waals surface area contributed by atoms with Crippen molar-refractivity contribution in [2.45, 2.75) is 20.3 Å². The lowest BCUT2D eigenvalue weighted by atomic mass is 9.97. The van der Waals surface area contributed by atoms with Gasteiger partial charge in [-0.05, 0) is 30.5 Å². The van der Waals surface area contributed by atoms with E-state index in [-0.39, 0.29) is 5.75 Å². The van der Waals surface area contributed by atoms with Crippen molar-refractivity contribution < 1.29 is 15.0 Å². The normalized spacial score (nSPS) is 12.4. The first-order valence-corrected chi connectivity index (χ1v) is 4.52. The predicted molar refractivity (Wildman–Crippen MR) is 53.3 cm³/mol. The van der Waals surface area contributed by atoms with Crippen LogP contribution in [0.1, 0.15) is 18.1 Å². The third kappa shape index (κ3) is 2.25. The van der Waals surface area contributed by atoms with Gasteiger partial charge in [0.05, 0.1) is 5.92 Å². The summed E-state index contributed by atoms with van der Waals surface area (Å²) in [6.45, 7) is 3.45. The Morgan fingerprint density at radius 2 is 2.14 bits per heavy atom. The van der Waals surface area contributed by atoms with Crippen LogP contribution in [0.3, 0.4) is 0 Å². The van der Waals surface area contributed by atoms with Crippen LogP contribution in [0.5, 0.6) is 5.75 Å². The van der Waals surface area contributed by atoms with Gasteiger partial charge in [-0.25, -0.2) is 0 Å². The van der Waals surface area contributed by atoms with Crippen LogP contribution in [-0.4, -0.2) is 16.2 Å². The first kappa shape index (κ1) is 10.6. The summed E-state index contributed by atoms with van der Waals surface area (Å²) < 4.78 is 0. The van der Waals surface area contributed by atoms with Crippen LogP contribution in [0.4, 0.5) is 0 Å². The monoisotopic (exact) mass is 194 g/mol. The number of phenols is 1. The van der Waals surface area contributed by atoms with Crippen LogP contribution in [0.25, 0.3) is 0 Å². The number of carboxylic acid groups (broad SMARTS) is 1. The van der Waals surface area contributed by atoms with E-state index in [2.05, 4.69) is 0 Å². The highest BCUT2D eigenvalue weighted by atomic mass is 16.4. The van der Waals surface area contributed by atoms with Gasteiger partial charge in [0, 0.05) is 0 Å². The molecule has 0 saturated carbocycles. The molecule has 14 heavy (non-hydrogen) atoms. The van der Waals surface area contributed by atoms with Crippen LogP contribution in [0.2, 0.25) is 0 Å². The summed E-state index contributed by atoms with van der Waals surface area (Å²) in [6, 6.07) is 5.17. The SMILES string of the molecule is Cc1c(O)cccc1CC(C)C(=O)O. The van der Waals surface area contributed by atoms with Crippen molar-refractivity contribution in [3.05, 3.63) is 29.3 Å². The average Bonchev–Trinajstić information content (AvgIpc) is 2.12. The molecule has 1 atom stereocenters. The molecule has 0 spiro atoms. The fourth-order valence-corrected chi connectivity index (χ4v) is 1.31. The predicted octanol–water partition coefficient (Wildman–Crippen LogP) is 1.96. The Morgan fingerprint density at radius 3 is 2.71 bits per heavy atom. The van der Waals surface area contributed by atoms with E-state index in [4.69, 9.17) is 5.11 Å². The summed E-state index contributed by atoms with van der Waals surface area (Å²) >= 11 is 0. The fraction of sp³-hybridized carbons (Fsp3) is 0.364. The number of benzene rings is 1. The molecular weight excluding hydrogens is 180 g/mol. The van der Waals surface area contributed by atoms with Gasteiger partial charge in [0.2, 0.25) is 0 Å². The summed E-state index contributed by atoms with van der Waals surface area (Å²) in [5.74, 6) is -1.01. The van der Waals surface area contributed by atoms with Crippen molar-refractivity contribution >= 4 is 5.97 Å². The summed E-state index contributed by atoms with van der Waals surface area (Å²) in [6.07, 6.45) is 0.454. The van der Waals surface area contributed by atoms with Crippen LogP contribution in [0, 0.1) is 12.8 Å². The van der Waals surface area contributed by atoms with Crippen LogP contribution >= 0.6 is 0 Å². The highest BCUT2D eigenvalue weighted by Crippen LogP contribution is 2.21. The standard InChI is InChI=1S/C11H14O3/c1-7(11(13)14)6-9-4-3-5-10(12)8(9)2/h3-5,7,12H,6H2,1-2H3,(H,13,14). The summed E-state index contributed by atoms with van der Waals surface area (Å²) in [4.78, 5) is 10.6. The Hall–Kier alpha value is -1.51. The molecule has 0 aliphatic heterocycles. The van der Waals surface area contributed by atoms with E-state index in [9.17, 15) is 9.90 Å². The minimum atomic E-state index is -0.812. The van der Waals surface area contributed by atoms with Gasteiger partial charge in [-0.15, -0.1) is 0 Å². The number of aliphatic carboxylic acids is 1. The van der Waals surface area contributed by atoms with E-state index < -0.39 is 11.9 Å². The van der Waals surface area contributed by atoms with Crippen molar-refractivity contribution in [1.82, 2.24) is 0 Å².